The smallest absolute Gasteiger partial charge is 0.340 e. The maximum atomic E-state index is 12.3. The minimum Gasteiger partial charge on any atom is -0.462 e. The quantitative estimate of drug-likeness (QED) is 0.626. The van der Waals surface area contributed by atoms with Crippen LogP contribution in [0.25, 0.3) is 0 Å². The third-order valence-electron chi connectivity index (χ3n) is 5.67. The Hall–Kier alpha value is -2.37. The molecule has 0 radical (unpaired) electrons. The highest BCUT2D eigenvalue weighted by Gasteiger charge is 2.42. The first-order valence-electron chi connectivity index (χ1n) is 9.37. The van der Waals surface area contributed by atoms with Crippen molar-refractivity contribution >= 4 is 23.5 Å². The first kappa shape index (κ1) is 18.4. The second kappa shape index (κ2) is 7.89. The van der Waals surface area contributed by atoms with Crippen LogP contribution in [-0.4, -0.2) is 30.4 Å². The van der Waals surface area contributed by atoms with Gasteiger partial charge < -0.3 is 15.4 Å². The largest absolute Gasteiger partial charge is 0.462 e. The van der Waals surface area contributed by atoms with Gasteiger partial charge in [0.15, 0.2) is 0 Å². The van der Waals surface area contributed by atoms with Crippen LogP contribution in [0.3, 0.4) is 0 Å². The van der Waals surface area contributed by atoms with Crippen molar-refractivity contribution < 1.29 is 19.1 Å². The van der Waals surface area contributed by atoms with E-state index in [0.29, 0.717) is 11.8 Å². The van der Waals surface area contributed by atoms with E-state index in [1.54, 1.807) is 31.2 Å². The molecule has 0 aromatic heterocycles. The Morgan fingerprint density at radius 2 is 1.92 bits per heavy atom. The maximum absolute atomic E-state index is 12.3. The van der Waals surface area contributed by atoms with Crippen LogP contribution in [0.2, 0.25) is 0 Å². The van der Waals surface area contributed by atoms with Crippen LogP contribution in [0, 0.1) is 17.8 Å². The third-order valence-corrected chi connectivity index (χ3v) is 5.67. The normalized spacial score (nSPS) is 24.8. The number of hydrogen-bond acceptors (Lipinski definition) is 4. The van der Waals surface area contributed by atoms with E-state index in [0.717, 1.165) is 12.3 Å². The molecule has 2 bridgehead atoms. The number of amides is 2. The van der Waals surface area contributed by atoms with Crippen molar-refractivity contribution in [2.45, 2.75) is 45.6 Å². The number of para-hydroxylation sites is 1. The lowest BCUT2D eigenvalue weighted by Gasteiger charge is -2.28. The second-order valence-electron chi connectivity index (χ2n) is 7.32. The molecule has 1 aromatic carbocycles. The van der Waals surface area contributed by atoms with Gasteiger partial charge in [0, 0.05) is 6.04 Å². The van der Waals surface area contributed by atoms with Gasteiger partial charge in [0.1, 0.15) is 0 Å². The average Bonchev–Trinajstić information content (AvgIpc) is 3.25. The summed E-state index contributed by atoms with van der Waals surface area (Å²) >= 11 is 0. The van der Waals surface area contributed by atoms with Gasteiger partial charge in [0.05, 0.1) is 17.9 Å². The molecule has 0 heterocycles. The maximum Gasteiger partial charge on any atom is 0.340 e. The Balaban J connectivity index is 1.59. The van der Waals surface area contributed by atoms with Crippen molar-refractivity contribution in [2.24, 2.45) is 17.8 Å². The molecule has 26 heavy (non-hydrogen) atoms. The molecule has 4 unspecified atom stereocenters. The Labute approximate surface area is 153 Å². The molecule has 0 aliphatic heterocycles. The van der Waals surface area contributed by atoms with Crippen LogP contribution in [0.4, 0.5) is 5.69 Å². The van der Waals surface area contributed by atoms with E-state index in [4.69, 9.17) is 4.74 Å². The third kappa shape index (κ3) is 3.89. The fraction of sp³-hybridized carbons (Fsp3) is 0.550. The van der Waals surface area contributed by atoms with Crippen LogP contribution in [-0.2, 0) is 14.3 Å². The summed E-state index contributed by atoms with van der Waals surface area (Å²) in [5.41, 5.74) is 0.510. The monoisotopic (exact) mass is 358 g/mol. The number of esters is 1. The van der Waals surface area contributed by atoms with E-state index in [9.17, 15) is 14.4 Å². The summed E-state index contributed by atoms with van der Waals surface area (Å²) in [6, 6.07) is 6.48. The van der Waals surface area contributed by atoms with Crippen molar-refractivity contribution in [3.63, 3.8) is 0 Å². The van der Waals surface area contributed by atoms with E-state index in [1.165, 1.54) is 19.3 Å². The number of fused-ring (bicyclic) bond motifs is 2. The van der Waals surface area contributed by atoms with Crippen LogP contribution in [0.1, 0.15) is 49.9 Å². The summed E-state index contributed by atoms with van der Waals surface area (Å²) in [6.45, 7) is 3.93. The van der Waals surface area contributed by atoms with Crippen molar-refractivity contribution in [3.05, 3.63) is 29.8 Å². The highest BCUT2D eigenvalue weighted by atomic mass is 16.5. The molecule has 2 N–H and O–H groups in total. The molecule has 2 aliphatic carbocycles. The molecular formula is C20H26N2O4. The molecule has 2 saturated carbocycles. The molecule has 2 fully saturated rings. The Kier molecular flexibility index (Phi) is 5.59. The molecule has 1 aromatic rings. The van der Waals surface area contributed by atoms with Crippen LogP contribution in [0.5, 0.6) is 0 Å². The van der Waals surface area contributed by atoms with Gasteiger partial charge in [-0.25, -0.2) is 4.79 Å². The summed E-state index contributed by atoms with van der Waals surface area (Å²) in [4.78, 5) is 36.5. The predicted molar refractivity (Wildman–Crippen MR) is 97.6 cm³/mol. The highest BCUT2D eigenvalue weighted by molar-refractivity contribution is 6.40. The van der Waals surface area contributed by atoms with Crippen LogP contribution < -0.4 is 10.6 Å². The van der Waals surface area contributed by atoms with Gasteiger partial charge in [-0.3, -0.25) is 9.59 Å². The Bertz CT molecular complexity index is 703. The number of anilines is 1. The van der Waals surface area contributed by atoms with Crippen molar-refractivity contribution in [1.82, 2.24) is 5.32 Å². The summed E-state index contributed by atoms with van der Waals surface area (Å²) < 4.78 is 4.98. The number of rotatable bonds is 5. The first-order valence-corrected chi connectivity index (χ1v) is 9.37. The fourth-order valence-corrected chi connectivity index (χ4v) is 4.44. The predicted octanol–water partition coefficient (Wildman–Crippen LogP) is 2.74. The molecule has 0 spiro atoms. The van der Waals surface area contributed by atoms with E-state index >= 15 is 0 Å². The topological polar surface area (TPSA) is 84.5 Å². The van der Waals surface area contributed by atoms with Gasteiger partial charge >= 0.3 is 17.8 Å². The lowest BCUT2D eigenvalue weighted by Crippen LogP contribution is -2.45. The van der Waals surface area contributed by atoms with Gasteiger partial charge in [-0.1, -0.05) is 18.6 Å². The zero-order chi connectivity index (χ0) is 18.7. The zero-order valence-corrected chi connectivity index (χ0v) is 15.3. The van der Waals surface area contributed by atoms with Crippen molar-refractivity contribution in [1.29, 1.82) is 0 Å². The number of nitrogens with one attached hydrogen (secondary N) is 2. The van der Waals surface area contributed by atoms with Crippen LogP contribution in [0.15, 0.2) is 24.3 Å². The SMILES string of the molecule is CCOC(=O)c1ccccc1NC(=O)C(=O)NC(C)C1CC2CCC1C2. The van der Waals surface area contributed by atoms with E-state index in [2.05, 4.69) is 10.6 Å². The molecule has 6 nitrogen and oxygen atoms in total. The summed E-state index contributed by atoms with van der Waals surface area (Å²) in [5, 5.41) is 5.36. The minimum absolute atomic E-state index is 0.0242. The number of carbonyl (C=O) groups is 3. The zero-order valence-electron chi connectivity index (χ0n) is 15.3. The number of benzene rings is 1. The first-order chi connectivity index (χ1) is 12.5. The summed E-state index contributed by atoms with van der Waals surface area (Å²) in [5.74, 6) is -0.0512. The average molecular weight is 358 g/mol. The molecule has 6 heteroatoms. The molecule has 0 saturated heterocycles. The standard InChI is InChI=1S/C20H26N2O4/c1-3-26-20(25)15-6-4-5-7-17(15)22-19(24)18(23)21-12(2)16-11-13-8-9-14(16)10-13/h4-7,12-14,16H,3,8-11H2,1-2H3,(H,21,23)(H,22,24). The lowest BCUT2D eigenvalue weighted by atomic mass is 9.84. The van der Waals surface area contributed by atoms with Crippen LogP contribution >= 0.6 is 0 Å². The molecule has 2 aliphatic rings. The number of ether oxygens (including phenoxy) is 1. The van der Waals surface area contributed by atoms with E-state index in [1.807, 2.05) is 6.92 Å². The minimum atomic E-state index is -0.767. The molecule has 140 valence electrons. The van der Waals surface area contributed by atoms with Crippen molar-refractivity contribution in [3.8, 4) is 0 Å². The highest BCUT2D eigenvalue weighted by Crippen LogP contribution is 2.49. The van der Waals surface area contributed by atoms with E-state index < -0.39 is 17.8 Å². The number of hydrogen-bond donors (Lipinski definition) is 2. The van der Waals surface area contributed by atoms with Gasteiger partial charge in [0.2, 0.25) is 0 Å². The van der Waals surface area contributed by atoms with Crippen molar-refractivity contribution in [2.75, 3.05) is 11.9 Å². The Morgan fingerprint density at radius 3 is 2.58 bits per heavy atom. The summed E-state index contributed by atoms with van der Waals surface area (Å²) in [7, 11) is 0. The van der Waals surface area contributed by atoms with Gasteiger partial charge in [-0.15, -0.1) is 0 Å². The lowest BCUT2D eigenvalue weighted by molar-refractivity contribution is -0.136. The van der Waals surface area contributed by atoms with Gasteiger partial charge in [-0.05, 0) is 63.0 Å². The summed E-state index contributed by atoms with van der Waals surface area (Å²) in [6.07, 6.45) is 4.92. The van der Waals surface area contributed by atoms with Gasteiger partial charge in [0.25, 0.3) is 0 Å². The fourth-order valence-electron chi connectivity index (χ4n) is 4.44. The van der Waals surface area contributed by atoms with E-state index in [-0.39, 0.29) is 23.9 Å². The molecular weight excluding hydrogens is 332 g/mol. The van der Waals surface area contributed by atoms with Gasteiger partial charge in [-0.2, -0.15) is 0 Å². The molecule has 2 amide bonds. The Morgan fingerprint density at radius 1 is 1.15 bits per heavy atom. The molecule has 4 atom stereocenters. The molecule has 3 rings (SSSR count). The number of carbonyl (C=O) groups excluding carboxylic acids is 3. The second-order valence-corrected chi connectivity index (χ2v) is 7.32.